The van der Waals surface area contributed by atoms with Gasteiger partial charge in [0.15, 0.2) is 0 Å². The van der Waals surface area contributed by atoms with Gasteiger partial charge in [0.05, 0.1) is 0 Å². The van der Waals surface area contributed by atoms with Gasteiger partial charge in [0.2, 0.25) is 0 Å². The average Bonchev–Trinajstić information content (AvgIpc) is 2.45. The maximum absolute atomic E-state index is 3.75. The van der Waals surface area contributed by atoms with E-state index in [2.05, 4.69) is 19.2 Å². The van der Waals surface area contributed by atoms with Crippen molar-refractivity contribution < 1.29 is 0 Å². The average molecular weight is 318 g/mol. The summed E-state index contributed by atoms with van der Waals surface area (Å²) in [6, 6.07) is 1.60. The highest BCUT2D eigenvalue weighted by Crippen LogP contribution is 2.18. The summed E-state index contributed by atoms with van der Waals surface area (Å²) in [5.74, 6) is 0. The molecule has 0 amide bonds. The second-order valence-corrected chi connectivity index (χ2v) is 7.02. The minimum atomic E-state index is 0. The van der Waals surface area contributed by atoms with Gasteiger partial charge in [0.25, 0.3) is 0 Å². The zero-order chi connectivity index (χ0) is 14.5. The number of hydrogen-bond acceptors (Lipinski definition) is 1. The van der Waals surface area contributed by atoms with Gasteiger partial charge < -0.3 is 5.32 Å². The lowest BCUT2D eigenvalue weighted by Gasteiger charge is -2.28. The molecule has 2 heteroatoms. The van der Waals surface area contributed by atoms with E-state index in [1.165, 1.54) is 96.3 Å². The normalized spacial score (nSPS) is 22.0. The van der Waals surface area contributed by atoms with Crippen LogP contribution in [0.15, 0.2) is 0 Å². The molecular weight excluding hydrogens is 278 g/mol. The van der Waals surface area contributed by atoms with Crippen molar-refractivity contribution in [2.45, 2.75) is 122 Å². The highest BCUT2D eigenvalue weighted by Gasteiger charge is 2.16. The van der Waals surface area contributed by atoms with Gasteiger partial charge in [-0.15, -0.1) is 12.4 Å². The molecule has 0 spiro atoms. The molecule has 0 aromatic heterocycles. The molecule has 2 atom stereocenters. The Hall–Kier alpha value is 0.250. The maximum Gasteiger partial charge on any atom is 0.00695 e. The van der Waals surface area contributed by atoms with Crippen molar-refractivity contribution in [2.24, 2.45) is 0 Å². The molecule has 1 fully saturated rings. The predicted molar refractivity (Wildman–Crippen MR) is 98.6 cm³/mol. The molecule has 0 aromatic rings. The summed E-state index contributed by atoms with van der Waals surface area (Å²) in [6.07, 6.45) is 21.7. The van der Waals surface area contributed by atoms with Crippen LogP contribution in [0.4, 0.5) is 0 Å². The van der Waals surface area contributed by atoms with Crippen molar-refractivity contribution >= 4 is 12.4 Å². The summed E-state index contributed by atoms with van der Waals surface area (Å²) in [5.41, 5.74) is 0. The zero-order valence-corrected chi connectivity index (χ0v) is 15.5. The molecule has 21 heavy (non-hydrogen) atoms. The van der Waals surface area contributed by atoms with Crippen molar-refractivity contribution in [3.8, 4) is 0 Å². The second kappa shape index (κ2) is 15.2. The Morgan fingerprint density at radius 2 is 1.29 bits per heavy atom. The van der Waals surface area contributed by atoms with E-state index in [1.54, 1.807) is 0 Å². The Morgan fingerprint density at radius 1 is 0.762 bits per heavy atom. The molecule has 0 radical (unpaired) electrons. The third kappa shape index (κ3) is 12.5. The smallest absolute Gasteiger partial charge is 0.00695 e. The fourth-order valence-corrected chi connectivity index (χ4v) is 3.52. The number of hydrogen-bond donors (Lipinski definition) is 1. The zero-order valence-electron chi connectivity index (χ0n) is 14.7. The van der Waals surface area contributed by atoms with Gasteiger partial charge in [-0.1, -0.05) is 84.0 Å². The van der Waals surface area contributed by atoms with Gasteiger partial charge in [0.1, 0.15) is 0 Å². The van der Waals surface area contributed by atoms with E-state index in [4.69, 9.17) is 0 Å². The monoisotopic (exact) mass is 317 g/mol. The van der Waals surface area contributed by atoms with Crippen LogP contribution in [0.1, 0.15) is 110 Å². The second-order valence-electron chi connectivity index (χ2n) is 7.02. The Kier molecular flexibility index (Phi) is 15.3. The van der Waals surface area contributed by atoms with Crippen LogP contribution in [0, 0.1) is 0 Å². The van der Waals surface area contributed by atoms with Gasteiger partial charge >= 0.3 is 0 Å². The van der Waals surface area contributed by atoms with E-state index in [9.17, 15) is 0 Å². The molecule has 1 aliphatic rings. The summed E-state index contributed by atoms with van der Waals surface area (Å²) in [7, 11) is 0. The molecule has 0 unspecified atom stereocenters. The van der Waals surface area contributed by atoms with Crippen molar-refractivity contribution in [3.05, 3.63) is 0 Å². The van der Waals surface area contributed by atoms with E-state index in [0.29, 0.717) is 0 Å². The van der Waals surface area contributed by atoms with Crippen molar-refractivity contribution in [3.63, 3.8) is 0 Å². The predicted octanol–water partition coefficient (Wildman–Crippen LogP) is 6.64. The lowest BCUT2D eigenvalue weighted by molar-refractivity contribution is 0.314. The molecular formula is C19H40ClN. The number of nitrogens with one attached hydrogen (secondary N) is 1. The molecule has 0 aliphatic carbocycles. The van der Waals surface area contributed by atoms with Crippen molar-refractivity contribution in [2.75, 3.05) is 0 Å². The van der Waals surface area contributed by atoms with E-state index in [-0.39, 0.29) is 12.4 Å². The highest BCUT2D eigenvalue weighted by molar-refractivity contribution is 5.85. The fourth-order valence-electron chi connectivity index (χ4n) is 3.52. The molecule has 1 rings (SSSR count). The van der Waals surface area contributed by atoms with Crippen LogP contribution in [-0.4, -0.2) is 12.1 Å². The minimum Gasteiger partial charge on any atom is -0.312 e. The summed E-state index contributed by atoms with van der Waals surface area (Å²) < 4.78 is 0. The molecule has 0 bridgehead atoms. The standard InChI is InChI=1S/C19H39N.ClH/c1-3-4-5-6-7-8-9-10-11-12-13-16-19-17-14-15-18(2)20-19;/h18-20H,3-17H2,1-2H3;1H/t18-,19+;/m0./s1. The molecule has 128 valence electrons. The Balaban J connectivity index is 0.00000400. The van der Waals surface area contributed by atoms with E-state index < -0.39 is 0 Å². The molecule has 1 N–H and O–H groups in total. The van der Waals surface area contributed by atoms with Gasteiger partial charge in [-0.05, 0) is 26.2 Å². The third-order valence-corrected chi connectivity index (χ3v) is 4.87. The van der Waals surface area contributed by atoms with Crippen LogP contribution in [0.3, 0.4) is 0 Å². The first-order valence-corrected chi connectivity index (χ1v) is 9.59. The molecule has 0 saturated carbocycles. The lowest BCUT2D eigenvalue weighted by Crippen LogP contribution is -2.40. The molecule has 1 saturated heterocycles. The van der Waals surface area contributed by atoms with Crippen LogP contribution < -0.4 is 5.32 Å². The Labute approximate surface area is 140 Å². The molecule has 1 heterocycles. The first-order chi connectivity index (χ1) is 9.83. The minimum absolute atomic E-state index is 0. The summed E-state index contributed by atoms with van der Waals surface area (Å²) in [5, 5.41) is 3.75. The van der Waals surface area contributed by atoms with Gasteiger partial charge in [-0.25, -0.2) is 0 Å². The molecule has 0 aromatic carbocycles. The van der Waals surface area contributed by atoms with Crippen molar-refractivity contribution in [1.82, 2.24) is 5.32 Å². The largest absolute Gasteiger partial charge is 0.312 e. The van der Waals surface area contributed by atoms with Crippen LogP contribution >= 0.6 is 12.4 Å². The number of unbranched alkanes of at least 4 members (excludes halogenated alkanes) is 10. The quantitative estimate of drug-likeness (QED) is 0.398. The number of piperidine rings is 1. The maximum atomic E-state index is 3.75. The van der Waals surface area contributed by atoms with Gasteiger partial charge in [-0.3, -0.25) is 0 Å². The third-order valence-electron chi connectivity index (χ3n) is 4.87. The van der Waals surface area contributed by atoms with Crippen LogP contribution in [-0.2, 0) is 0 Å². The number of rotatable bonds is 12. The van der Waals surface area contributed by atoms with E-state index in [0.717, 1.165) is 12.1 Å². The van der Waals surface area contributed by atoms with Crippen molar-refractivity contribution in [1.29, 1.82) is 0 Å². The number of halogens is 1. The summed E-state index contributed by atoms with van der Waals surface area (Å²) in [6.45, 7) is 4.64. The topological polar surface area (TPSA) is 12.0 Å². The van der Waals surface area contributed by atoms with Gasteiger partial charge in [-0.2, -0.15) is 0 Å². The van der Waals surface area contributed by atoms with Gasteiger partial charge in [0, 0.05) is 12.1 Å². The summed E-state index contributed by atoms with van der Waals surface area (Å²) >= 11 is 0. The Bertz CT molecular complexity index is 208. The first-order valence-electron chi connectivity index (χ1n) is 9.59. The van der Waals surface area contributed by atoms with E-state index in [1.807, 2.05) is 0 Å². The van der Waals surface area contributed by atoms with Crippen LogP contribution in [0.5, 0.6) is 0 Å². The highest BCUT2D eigenvalue weighted by atomic mass is 35.5. The summed E-state index contributed by atoms with van der Waals surface area (Å²) in [4.78, 5) is 0. The van der Waals surface area contributed by atoms with E-state index >= 15 is 0 Å². The fraction of sp³-hybridized carbons (Fsp3) is 1.00. The lowest BCUT2D eigenvalue weighted by atomic mass is 9.95. The van der Waals surface area contributed by atoms with Crippen LogP contribution in [0.2, 0.25) is 0 Å². The first kappa shape index (κ1) is 21.2. The molecule has 1 nitrogen and oxygen atoms in total. The Morgan fingerprint density at radius 3 is 1.81 bits per heavy atom. The molecule has 1 aliphatic heterocycles. The van der Waals surface area contributed by atoms with Crippen LogP contribution in [0.25, 0.3) is 0 Å². The SMILES string of the molecule is CCCCCCCCCCCCC[C@@H]1CCC[C@H](C)N1.Cl.